The average Bonchev–Trinajstić information content (AvgIpc) is 2.35. The van der Waals surface area contributed by atoms with Gasteiger partial charge in [0.25, 0.3) is 0 Å². The Morgan fingerprint density at radius 3 is 2.10 bits per heavy atom. The van der Waals surface area contributed by atoms with Crippen molar-refractivity contribution in [1.82, 2.24) is 0 Å². The van der Waals surface area contributed by atoms with Gasteiger partial charge in [-0.15, -0.1) is 6.58 Å². The van der Waals surface area contributed by atoms with Crippen LogP contribution in [-0.4, -0.2) is 5.97 Å². The van der Waals surface area contributed by atoms with E-state index in [1.165, 1.54) is 6.08 Å². The molecule has 2 nitrogen and oxygen atoms in total. The number of aliphatic carboxylic acids is 1. The maximum Gasteiger partial charge on any atom is 0.0519 e. The Morgan fingerprint density at radius 1 is 1.70 bits per heavy atom. The molecule has 10 heavy (non-hydrogen) atoms. The van der Waals surface area contributed by atoms with E-state index < -0.39 is 11.4 Å². The van der Waals surface area contributed by atoms with Crippen LogP contribution in [0.3, 0.4) is 0 Å². The highest BCUT2D eigenvalue weighted by Crippen LogP contribution is 2.63. The highest BCUT2D eigenvalue weighted by Gasteiger charge is 2.60. The van der Waals surface area contributed by atoms with Gasteiger partial charge in [-0.2, -0.15) is 0 Å². The summed E-state index contributed by atoms with van der Waals surface area (Å²) in [6.07, 6.45) is 2.15. The van der Waals surface area contributed by atoms with Crippen molar-refractivity contribution >= 4 is 5.97 Å². The molecule has 2 heteroatoms. The predicted molar refractivity (Wildman–Crippen MR) is 36.0 cm³/mol. The molecule has 0 aromatic carbocycles. The summed E-state index contributed by atoms with van der Waals surface area (Å²) in [5.41, 5.74) is -0.888. The van der Waals surface area contributed by atoms with Crippen molar-refractivity contribution in [2.24, 2.45) is 10.8 Å². The number of carbonyl (C=O) groups excluding carboxylic acids is 1. The number of hydrogen-bond donors (Lipinski definition) is 0. The number of carboxylic acids is 1. The summed E-state index contributed by atoms with van der Waals surface area (Å²) in [5.74, 6) is -0.993. The fraction of sp³-hybridized carbons (Fsp3) is 0.625. The van der Waals surface area contributed by atoms with E-state index in [9.17, 15) is 9.90 Å². The first-order valence-electron chi connectivity index (χ1n) is 3.31. The summed E-state index contributed by atoms with van der Waals surface area (Å²) >= 11 is 0. The van der Waals surface area contributed by atoms with E-state index in [1.807, 2.05) is 13.8 Å². The average molecular weight is 139 g/mol. The summed E-state index contributed by atoms with van der Waals surface area (Å²) in [6, 6.07) is 0. The second kappa shape index (κ2) is 1.62. The van der Waals surface area contributed by atoms with Crippen LogP contribution in [0.4, 0.5) is 0 Å². The Bertz CT molecular complexity index is 193. The molecule has 1 unspecified atom stereocenters. The third-order valence-corrected chi connectivity index (χ3v) is 2.52. The Hall–Kier alpha value is -0.790. The maximum atomic E-state index is 10.5. The zero-order valence-corrected chi connectivity index (χ0v) is 6.31. The molecule has 1 saturated carbocycles. The van der Waals surface area contributed by atoms with Crippen LogP contribution in [0.1, 0.15) is 20.3 Å². The SMILES string of the molecule is C=CC1(C(=O)[O-])CC1(C)C. The summed E-state index contributed by atoms with van der Waals surface area (Å²) in [4.78, 5) is 10.5. The molecule has 0 aromatic heterocycles. The van der Waals surface area contributed by atoms with Gasteiger partial charge in [0.05, 0.1) is 5.97 Å². The predicted octanol–water partition coefficient (Wildman–Crippen LogP) is 0.339. The molecule has 0 bridgehead atoms. The van der Waals surface area contributed by atoms with Crippen molar-refractivity contribution in [3.63, 3.8) is 0 Å². The summed E-state index contributed by atoms with van der Waals surface area (Å²) in [6.45, 7) is 7.31. The molecule has 0 amide bonds. The van der Waals surface area contributed by atoms with Crippen molar-refractivity contribution in [3.8, 4) is 0 Å². The highest BCUT2D eigenvalue weighted by molar-refractivity contribution is 5.80. The minimum absolute atomic E-state index is 0.145. The zero-order chi connectivity index (χ0) is 7.99. The molecule has 0 aliphatic heterocycles. The Kier molecular flexibility index (Phi) is 1.19. The summed E-state index contributed by atoms with van der Waals surface area (Å²) in [7, 11) is 0. The molecule has 1 rings (SSSR count). The Morgan fingerprint density at radius 2 is 2.10 bits per heavy atom. The highest BCUT2D eigenvalue weighted by atomic mass is 16.4. The van der Waals surface area contributed by atoms with E-state index in [1.54, 1.807) is 0 Å². The van der Waals surface area contributed by atoms with E-state index >= 15 is 0 Å². The van der Waals surface area contributed by atoms with Crippen LogP contribution < -0.4 is 5.11 Å². The van der Waals surface area contributed by atoms with Crippen molar-refractivity contribution in [2.75, 3.05) is 0 Å². The minimum atomic E-state index is -0.993. The minimum Gasteiger partial charge on any atom is -0.549 e. The molecule has 0 spiro atoms. The van der Waals surface area contributed by atoms with Gasteiger partial charge in [-0.1, -0.05) is 19.9 Å². The molecule has 0 radical (unpaired) electrons. The zero-order valence-electron chi connectivity index (χ0n) is 6.31. The van der Waals surface area contributed by atoms with Crippen LogP contribution in [-0.2, 0) is 4.79 Å². The fourth-order valence-electron chi connectivity index (χ4n) is 1.43. The number of hydrogen-bond acceptors (Lipinski definition) is 2. The van der Waals surface area contributed by atoms with Gasteiger partial charge >= 0.3 is 0 Å². The molecule has 0 saturated heterocycles. The molecule has 1 atom stereocenters. The molecule has 1 aliphatic rings. The van der Waals surface area contributed by atoms with Crippen molar-refractivity contribution < 1.29 is 9.90 Å². The molecule has 0 heterocycles. The topological polar surface area (TPSA) is 40.1 Å². The smallest absolute Gasteiger partial charge is 0.0519 e. The summed E-state index contributed by atoms with van der Waals surface area (Å²) < 4.78 is 0. The van der Waals surface area contributed by atoms with Gasteiger partial charge in [-0.05, 0) is 11.8 Å². The quantitative estimate of drug-likeness (QED) is 0.517. The van der Waals surface area contributed by atoms with Gasteiger partial charge in [0, 0.05) is 5.41 Å². The van der Waals surface area contributed by atoms with Crippen molar-refractivity contribution in [3.05, 3.63) is 12.7 Å². The normalized spacial score (nSPS) is 35.0. The first-order chi connectivity index (χ1) is 4.46. The lowest BCUT2D eigenvalue weighted by Gasteiger charge is -2.16. The van der Waals surface area contributed by atoms with Crippen LogP contribution in [0.2, 0.25) is 0 Å². The fourth-order valence-corrected chi connectivity index (χ4v) is 1.43. The second-order valence-electron chi connectivity index (χ2n) is 3.52. The molecule has 1 aliphatic carbocycles. The Labute approximate surface area is 60.6 Å². The first kappa shape index (κ1) is 7.32. The summed E-state index contributed by atoms with van der Waals surface area (Å²) in [5, 5.41) is 10.5. The van der Waals surface area contributed by atoms with Crippen LogP contribution in [0.15, 0.2) is 12.7 Å². The second-order valence-corrected chi connectivity index (χ2v) is 3.52. The van der Waals surface area contributed by atoms with Gasteiger partial charge in [0.2, 0.25) is 0 Å². The third-order valence-electron chi connectivity index (χ3n) is 2.52. The van der Waals surface area contributed by atoms with E-state index in [2.05, 4.69) is 6.58 Å². The lowest BCUT2D eigenvalue weighted by atomic mass is 9.96. The van der Waals surface area contributed by atoms with Crippen LogP contribution in [0.25, 0.3) is 0 Å². The van der Waals surface area contributed by atoms with Crippen molar-refractivity contribution in [2.45, 2.75) is 20.3 Å². The number of carboxylic acid groups (broad SMARTS) is 1. The molecule has 0 N–H and O–H groups in total. The van der Waals surface area contributed by atoms with Crippen LogP contribution in [0, 0.1) is 10.8 Å². The van der Waals surface area contributed by atoms with E-state index in [4.69, 9.17) is 0 Å². The monoisotopic (exact) mass is 139 g/mol. The molecule has 0 aromatic rings. The van der Waals surface area contributed by atoms with Gasteiger partial charge < -0.3 is 9.90 Å². The number of carbonyl (C=O) groups is 1. The van der Waals surface area contributed by atoms with E-state index in [-0.39, 0.29) is 5.41 Å². The molecular weight excluding hydrogens is 128 g/mol. The van der Waals surface area contributed by atoms with Gasteiger partial charge in [-0.25, -0.2) is 0 Å². The van der Waals surface area contributed by atoms with E-state index in [0.717, 1.165) is 0 Å². The van der Waals surface area contributed by atoms with Gasteiger partial charge in [0.15, 0.2) is 0 Å². The molecular formula is C8H11O2-. The lowest BCUT2D eigenvalue weighted by molar-refractivity contribution is -0.312. The third kappa shape index (κ3) is 0.618. The first-order valence-corrected chi connectivity index (χ1v) is 3.31. The van der Waals surface area contributed by atoms with E-state index in [0.29, 0.717) is 6.42 Å². The van der Waals surface area contributed by atoms with Crippen molar-refractivity contribution in [1.29, 1.82) is 0 Å². The maximum absolute atomic E-state index is 10.5. The van der Waals surface area contributed by atoms with Gasteiger partial charge in [0.1, 0.15) is 0 Å². The lowest BCUT2D eigenvalue weighted by Crippen LogP contribution is -2.34. The Balaban J connectivity index is 2.88. The molecule has 56 valence electrons. The van der Waals surface area contributed by atoms with Gasteiger partial charge in [-0.3, -0.25) is 0 Å². The number of rotatable bonds is 2. The largest absolute Gasteiger partial charge is 0.549 e. The van der Waals surface area contributed by atoms with Crippen LogP contribution >= 0.6 is 0 Å². The standard InChI is InChI=1S/C8H12O2/c1-4-8(6(9)10)5-7(8,2)3/h4H,1,5H2,2-3H3,(H,9,10)/p-1. The molecule has 1 fully saturated rings. The van der Waals surface area contributed by atoms with Crippen LogP contribution in [0.5, 0.6) is 0 Å².